The van der Waals surface area contributed by atoms with Crippen molar-refractivity contribution in [2.75, 3.05) is 5.32 Å². The first-order chi connectivity index (χ1) is 8.31. The number of benzene rings is 1. The third-order valence-corrected chi connectivity index (χ3v) is 2.58. The lowest BCUT2D eigenvalue weighted by atomic mass is 10.3. The van der Waals surface area contributed by atoms with Gasteiger partial charge < -0.3 is 15.7 Å². The summed E-state index contributed by atoms with van der Waals surface area (Å²) >= 11 is 2.78. The quantitative estimate of drug-likeness (QED) is 0.747. The highest BCUT2D eigenvalue weighted by atomic mass is 79.9. The molecular weight excluding hydrogens is 314 g/mol. The molecular formula is C10H9BrF2N2O3. The minimum absolute atomic E-state index is 0.0788. The Kier molecular flexibility index (Phi) is 4.60. The van der Waals surface area contributed by atoms with Gasteiger partial charge in [0.05, 0.1) is 10.2 Å². The van der Waals surface area contributed by atoms with Gasteiger partial charge >= 0.3 is 12.0 Å². The normalized spacial score (nSPS) is 11.8. The van der Waals surface area contributed by atoms with Crippen LogP contribution in [0.2, 0.25) is 0 Å². The van der Waals surface area contributed by atoms with Gasteiger partial charge in [0.25, 0.3) is 0 Å². The van der Waals surface area contributed by atoms with E-state index >= 15 is 0 Å². The molecule has 2 amide bonds. The summed E-state index contributed by atoms with van der Waals surface area (Å²) < 4.78 is 26.4. The monoisotopic (exact) mass is 322 g/mol. The van der Waals surface area contributed by atoms with Gasteiger partial charge in [-0.25, -0.2) is 13.6 Å². The number of amides is 2. The highest BCUT2D eigenvalue weighted by molar-refractivity contribution is 9.10. The minimum Gasteiger partial charge on any atom is -0.480 e. The number of rotatable bonds is 3. The minimum atomic E-state index is -1.24. The number of aliphatic carboxylic acids is 1. The van der Waals surface area contributed by atoms with Crippen LogP contribution in [0.4, 0.5) is 19.3 Å². The van der Waals surface area contributed by atoms with E-state index < -0.39 is 29.7 Å². The average molecular weight is 323 g/mol. The largest absolute Gasteiger partial charge is 0.480 e. The van der Waals surface area contributed by atoms with Gasteiger partial charge in [0.15, 0.2) is 0 Å². The molecule has 0 saturated carbocycles. The second-order valence-electron chi connectivity index (χ2n) is 3.40. The van der Waals surface area contributed by atoms with Crippen LogP contribution in [0.25, 0.3) is 0 Å². The maximum atomic E-state index is 13.3. The molecule has 0 aliphatic rings. The van der Waals surface area contributed by atoms with Gasteiger partial charge in [0.2, 0.25) is 0 Å². The van der Waals surface area contributed by atoms with E-state index in [1.54, 1.807) is 0 Å². The molecule has 0 bridgehead atoms. The van der Waals surface area contributed by atoms with Crippen molar-refractivity contribution >= 4 is 33.6 Å². The molecule has 1 unspecified atom stereocenters. The fraction of sp³-hybridized carbons (Fsp3) is 0.200. The van der Waals surface area contributed by atoms with Gasteiger partial charge in [-0.05, 0) is 28.9 Å². The zero-order chi connectivity index (χ0) is 13.9. The summed E-state index contributed by atoms with van der Waals surface area (Å²) in [6.07, 6.45) is 0. The fourth-order valence-corrected chi connectivity index (χ4v) is 1.35. The summed E-state index contributed by atoms with van der Waals surface area (Å²) in [5.41, 5.74) is -0.384. The lowest BCUT2D eigenvalue weighted by molar-refractivity contribution is -0.138. The Bertz CT molecular complexity index is 496. The van der Waals surface area contributed by atoms with E-state index in [4.69, 9.17) is 5.11 Å². The molecule has 0 fully saturated rings. The second kappa shape index (κ2) is 5.76. The van der Waals surface area contributed by atoms with Crippen LogP contribution in [-0.2, 0) is 4.79 Å². The molecule has 1 aromatic carbocycles. The first-order valence-corrected chi connectivity index (χ1v) is 5.55. The number of carbonyl (C=O) groups is 2. The Morgan fingerprint density at radius 3 is 2.50 bits per heavy atom. The lowest BCUT2D eigenvalue weighted by Gasteiger charge is -2.11. The van der Waals surface area contributed by atoms with E-state index in [0.717, 1.165) is 12.1 Å². The number of hydrogen-bond donors (Lipinski definition) is 3. The maximum absolute atomic E-state index is 13.3. The van der Waals surface area contributed by atoms with Gasteiger partial charge in [-0.15, -0.1) is 0 Å². The standard InChI is InChI=1S/C10H9BrF2N2O3/c1-4(9(16)17)14-10(18)15-8-3-6(12)5(11)2-7(8)13/h2-4H,1H3,(H,16,17)(H2,14,15,18). The lowest BCUT2D eigenvalue weighted by Crippen LogP contribution is -2.41. The molecule has 0 saturated heterocycles. The van der Waals surface area contributed by atoms with Gasteiger partial charge in [0, 0.05) is 6.07 Å². The van der Waals surface area contributed by atoms with Crippen LogP contribution < -0.4 is 10.6 Å². The smallest absolute Gasteiger partial charge is 0.325 e. The molecule has 0 aromatic heterocycles. The van der Waals surface area contributed by atoms with E-state index in [1.807, 2.05) is 10.6 Å². The van der Waals surface area contributed by atoms with Crippen LogP contribution in [0, 0.1) is 11.6 Å². The van der Waals surface area contributed by atoms with Crippen molar-refractivity contribution in [3.05, 3.63) is 28.2 Å². The Morgan fingerprint density at radius 1 is 1.33 bits per heavy atom. The van der Waals surface area contributed by atoms with Crippen molar-refractivity contribution in [1.82, 2.24) is 5.32 Å². The second-order valence-corrected chi connectivity index (χ2v) is 4.26. The molecule has 18 heavy (non-hydrogen) atoms. The summed E-state index contributed by atoms with van der Waals surface area (Å²) in [7, 11) is 0. The molecule has 0 radical (unpaired) electrons. The molecule has 1 atom stereocenters. The van der Waals surface area contributed by atoms with Crippen molar-refractivity contribution in [2.45, 2.75) is 13.0 Å². The van der Waals surface area contributed by atoms with Crippen molar-refractivity contribution in [3.63, 3.8) is 0 Å². The number of carboxylic acids is 1. The van der Waals surface area contributed by atoms with E-state index in [9.17, 15) is 18.4 Å². The Hall–Kier alpha value is -1.70. The van der Waals surface area contributed by atoms with Crippen LogP contribution in [-0.4, -0.2) is 23.1 Å². The Balaban J connectivity index is 2.76. The fourth-order valence-electron chi connectivity index (χ4n) is 1.04. The molecule has 0 heterocycles. The number of halogens is 3. The van der Waals surface area contributed by atoms with E-state index in [-0.39, 0.29) is 10.2 Å². The highest BCUT2D eigenvalue weighted by Crippen LogP contribution is 2.23. The van der Waals surface area contributed by atoms with Crippen molar-refractivity contribution in [3.8, 4) is 0 Å². The number of urea groups is 1. The van der Waals surface area contributed by atoms with Crippen LogP contribution in [0.3, 0.4) is 0 Å². The van der Waals surface area contributed by atoms with Crippen LogP contribution in [0.15, 0.2) is 16.6 Å². The highest BCUT2D eigenvalue weighted by Gasteiger charge is 2.16. The first-order valence-electron chi connectivity index (χ1n) is 4.76. The number of carboxylic acid groups (broad SMARTS) is 1. The summed E-state index contributed by atoms with van der Waals surface area (Å²) in [6.45, 7) is 1.24. The van der Waals surface area contributed by atoms with Crippen LogP contribution >= 0.6 is 15.9 Å². The van der Waals surface area contributed by atoms with E-state index in [1.165, 1.54) is 6.92 Å². The molecule has 5 nitrogen and oxygen atoms in total. The Labute approximate surface area is 109 Å². The zero-order valence-electron chi connectivity index (χ0n) is 9.13. The third-order valence-electron chi connectivity index (χ3n) is 1.98. The summed E-state index contributed by atoms with van der Waals surface area (Å²) in [5, 5.41) is 12.6. The maximum Gasteiger partial charge on any atom is 0.325 e. The summed E-state index contributed by atoms with van der Waals surface area (Å²) in [6, 6.07) is -0.449. The van der Waals surface area contributed by atoms with Crippen molar-refractivity contribution in [2.24, 2.45) is 0 Å². The molecule has 0 spiro atoms. The van der Waals surface area contributed by atoms with Gasteiger partial charge in [-0.2, -0.15) is 0 Å². The number of nitrogens with one attached hydrogen (secondary N) is 2. The predicted molar refractivity (Wildman–Crippen MR) is 63.3 cm³/mol. The average Bonchev–Trinajstić information content (AvgIpc) is 2.25. The molecule has 0 aliphatic heterocycles. The van der Waals surface area contributed by atoms with Crippen molar-refractivity contribution in [1.29, 1.82) is 0 Å². The molecule has 3 N–H and O–H groups in total. The predicted octanol–water partition coefficient (Wildman–Crippen LogP) is 2.32. The zero-order valence-corrected chi connectivity index (χ0v) is 10.7. The molecule has 1 aromatic rings. The van der Waals surface area contributed by atoms with Crippen LogP contribution in [0.1, 0.15) is 6.92 Å². The first kappa shape index (κ1) is 14.4. The SMILES string of the molecule is CC(NC(=O)Nc1cc(F)c(Br)cc1F)C(=O)O. The number of anilines is 1. The van der Waals surface area contributed by atoms with Gasteiger partial charge in [-0.1, -0.05) is 0 Å². The molecule has 1 rings (SSSR count). The molecule has 98 valence electrons. The van der Waals surface area contributed by atoms with E-state index in [0.29, 0.717) is 0 Å². The van der Waals surface area contributed by atoms with Gasteiger partial charge in [0.1, 0.15) is 17.7 Å². The van der Waals surface area contributed by atoms with Crippen molar-refractivity contribution < 1.29 is 23.5 Å². The van der Waals surface area contributed by atoms with E-state index in [2.05, 4.69) is 15.9 Å². The molecule has 8 heteroatoms. The number of carbonyl (C=O) groups excluding carboxylic acids is 1. The number of hydrogen-bond acceptors (Lipinski definition) is 2. The Morgan fingerprint density at radius 2 is 1.94 bits per heavy atom. The van der Waals surface area contributed by atoms with Crippen LogP contribution in [0.5, 0.6) is 0 Å². The summed E-state index contributed by atoms with van der Waals surface area (Å²) in [5.74, 6) is -2.84. The summed E-state index contributed by atoms with van der Waals surface area (Å²) in [4.78, 5) is 21.8. The molecule has 0 aliphatic carbocycles. The van der Waals surface area contributed by atoms with Gasteiger partial charge in [-0.3, -0.25) is 4.79 Å². The topological polar surface area (TPSA) is 78.4 Å². The third kappa shape index (κ3) is 3.66.